The predicted octanol–water partition coefficient (Wildman–Crippen LogP) is 4.95. The number of piperidine rings is 1. The molecular formula is C33H31N5O2. The molecule has 4 aromatic rings. The van der Waals surface area contributed by atoms with E-state index in [2.05, 4.69) is 40.2 Å². The first-order valence-electron chi connectivity index (χ1n) is 13.4. The number of rotatable bonds is 8. The Kier molecular flexibility index (Phi) is 8.29. The summed E-state index contributed by atoms with van der Waals surface area (Å²) < 4.78 is 0. The number of amides is 2. The van der Waals surface area contributed by atoms with Crippen molar-refractivity contribution in [2.45, 2.75) is 31.8 Å². The summed E-state index contributed by atoms with van der Waals surface area (Å²) in [7, 11) is 0. The van der Waals surface area contributed by atoms with Gasteiger partial charge in [0, 0.05) is 37.6 Å². The number of likely N-dealkylation sites (tertiary alicyclic amines) is 1. The molecule has 1 fully saturated rings. The minimum absolute atomic E-state index is 0.00527. The van der Waals surface area contributed by atoms with Gasteiger partial charge in [-0.3, -0.25) is 19.5 Å². The number of anilines is 1. The van der Waals surface area contributed by atoms with Crippen LogP contribution in [0.2, 0.25) is 0 Å². The van der Waals surface area contributed by atoms with Gasteiger partial charge in [0.1, 0.15) is 5.69 Å². The third-order valence-corrected chi connectivity index (χ3v) is 7.34. The van der Waals surface area contributed by atoms with Crippen molar-refractivity contribution in [2.75, 3.05) is 18.0 Å². The standard InChI is InChI=1S/C33H31N5O2/c34-21-25-9-11-26(12-10-25)23-37-17-15-29(16-18-37)38(33(40)31-14-13-28(22-36-31)32(35)39)30-8-4-7-27(20-30)19-24-5-2-1-3-6-24/h1-14,20,22,29H,15-19,23H2,(H2,35,39). The fourth-order valence-electron chi connectivity index (χ4n) is 5.21. The minimum atomic E-state index is -0.577. The molecule has 40 heavy (non-hydrogen) atoms. The van der Waals surface area contributed by atoms with E-state index in [1.54, 1.807) is 12.1 Å². The third-order valence-electron chi connectivity index (χ3n) is 7.34. The number of benzene rings is 3. The summed E-state index contributed by atoms with van der Waals surface area (Å²) in [5.74, 6) is -0.773. The number of nitrogens with zero attached hydrogens (tertiary/aromatic N) is 4. The zero-order chi connectivity index (χ0) is 27.9. The highest BCUT2D eigenvalue weighted by molar-refractivity contribution is 6.05. The molecule has 1 aliphatic rings. The van der Waals surface area contributed by atoms with E-state index in [4.69, 9.17) is 11.0 Å². The van der Waals surface area contributed by atoms with Crippen LogP contribution in [0, 0.1) is 11.3 Å². The average Bonchev–Trinajstić information content (AvgIpc) is 2.99. The van der Waals surface area contributed by atoms with Crippen LogP contribution in [0.1, 0.15) is 55.9 Å². The van der Waals surface area contributed by atoms with E-state index in [0.29, 0.717) is 5.56 Å². The second-order valence-electron chi connectivity index (χ2n) is 10.1. The lowest BCUT2D eigenvalue weighted by atomic mass is 9.99. The van der Waals surface area contributed by atoms with E-state index in [1.165, 1.54) is 11.8 Å². The largest absolute Gasteiger partial charge is 0.366 e. The van der Waals surface area contributed by atoms with Gasteiger partial charge in [0.2, 0.25) is 5.91 Å². The van der Waals surface area contributed by atoms with E-state index in [1.807, 2.05) is 59.5 Å². The third kappa shape index (κ3) is 6.42. The Morgan fingerprint density at radius 3 is 2.27 bits per heavy atom. The lowest BCUT2D eigenvalue weighted by Crippen LogP contribution is -2.47. The molecule has 7 heteroatoms. The Morgan fingerprint density at radius 1 is 0.900 bits per heavy atom. The highest BCUT2D eigenvalue weighted by atomic mass is 16.2. The van der Waals surface area contributed by atoms with Gasteiger partial charge in [0.25, 0.3) is 5.91 Å². The van der Waals surface area contributed by atoms with Crippen LogP contribution < -0.4 is 10.6 Å². The van der Waals surface area contributed by atoms with Crippen molar-refractivity contribution in [1.82, 2.24) is 9.88 Å². The van der Waals surface area contributed by atoms with E-state index in [-0.39, 0.29) is 23.2 Å². The summed E-state index contributed by atoms with van der Waals surface area (Å²) in [5, 5.41) is 9.06. The quantitative estimate of drug-likeness (QED) is 0.348. The number of aromatic nitrogens is 1. The van der Waals surface area contributed by atoms with Gasteiger partial charge in [0.05, 0.1) is 17.2 Å². The molecule has 0 bridgehead atoms. The Labute approximate surface area is 234 Å². The Bertz CT molecular complexity index is 1500. The van der Waals surface area contributed by atoms with Crippen LogP contribution in [0.15, 0.2) is 97.2 Å². The zero-order valence-electron chi connectivity index (χ0n) is 22.2. The van der Waals surface area contributed by atoms with E-state index < -0.39 is 5.91 Å². The van der Waals surface area contributed by atoms with Crippen LogP contribution in [0.4, 0.5) is 5.69 Å². The Morgan fingerprint density at radius 2 is 1.62 bits per heavy atom. The van der Waals surface area contributed by atoms with Gasteiger partial charge in [-0.2, -0.15) is 5.26 Å². The molecule has 3 aromatic carbocycles. The molecule has 7 nitrogen and oxygen atoms in total. The van der Waals surface area contributed by atoms with Crippen molar-refractivity contribution < 1.29 is 9.59 Å². The van der Waals surface area contributed by atoms with Gasteiger partial charge in [0.15, 0.2) is 0 Å². The summed E-state index contributed by atoms with van der Waals surface area (Å²) in [6, 6.07) is 31.4. The summed E-state index contributed by atoms with van der Waals surface area (Å²) in [6.07, 6.45) is 3.75. The Hall–Kier alpha value is -4.80. The average molecular weight is 530 g/mol. The topological polar surface area (TPSA) is 103 Å². The molecular weight excluding hydrogens is 498 g/mol. The van der Waals surface area contributed by atoms with Crippen molar-refractivity contribution in [3.8, 4) is 6.07 Å². The van der Waals surface area contributed by atoms with Crippen LogP contribution in [-0.2, 0) is 13.0 Å². The van der Waals surface area contributed by atoms with Crippen molar-refractivity contribution in [3.05, 3.63) is 131 Å². The maximum atomic E-state index is 13.9. The summed E-state index contributed by atoms with van der Waals surface area (Å²) >= 11 is 0. The lowest BCUT2D eigenvalue weighted by Gasteiger charge is -2.38. The van der Waals surface area contributed by atoms with Gasteiger partial charge in [-0.1, -0.05) is 54.6 Å². The van der Waals surface area contributed by atoms with E-state index >= 15 is 0 Å². The van der Waals surface area contributed by atoms with Crippen LogP contribution in [0.3, 0.4) is 0 Å². The van der Waals surface area contributed by atoms with Gasteiger partial charge in [-0.15, -0.1) is 0 Å². The van der Waals surface area contributed by atoms with Crippen molar-refractivity contribution in [1.29, 1.82) is 5.26 Å². The second-order valence-corrected chi connectivity index (χ2v) is 10.1. The fraction of sp³-hybridized carbons (Fsp3) is 0.212. The van der Waals surface area contributed by atoms with E-state index in [9.17, 15) is 9.59 Å². The predicted molar refractivity (Wildman–Crippen MR) is 155 cm³/mol. The summed E-state index contributed by atoms with van der Waals surface area (Å²) in [4.78, 5) is 34.0. The van der Waals surface area contributed by atoms with Crippen LogP contribution in [0.25, 0.3) is 0 Å². The number of carbonyl (C=O) groups excluding carboxylic acids is 2. The first kappa shape index (κ1) is 26.8. The molecule has 2 N–H and O–H groups in total. The van der Waals surface area contributed by atoms with Crippen molar-refractivity contribution in [3.63, 3.8) is 0 Å². The molecule has 2 heterocycles. The lowest BCUT2D eigenvalue weighted by molar-refractivity contribution is 0.0950. The molecule has 1 aromatic heterocycles. The highest BCUT2D eigenvalue weighted by Gasteiger charge is 2.31. The first-order chi connectivity index (χ1) is 19.5. The number of pyridine rings is 1. The fourth-order valence-corrected chi connectivity index (χ4v) is 5.21. The second kappa shape index (κ2) is 12.4. The smallest absolute Gasteiger partial charge is 0.277 e. The monoisotopic (exact) mass is 529 g/mol. The van der Waals surface area contributed by atoms with Crippen LogP contribution >= 0.6 is 0 Å². The van der Waals surface area contributed by atoms with E-state index in [0.717, 1.165) is 55.7 Å². The first-order valence-corrected chi connectivity index (χ1v) is 13.4. The molecule has 200 valence electrons. The SMILES string of the molecule is N#Cc1ccc(CN2CCC(N(C(=O)c3ccc(C(N)=O)cn3)c3cccc(Cc4ccccc4)c3)CC2)cc1. The molecule has 0 unspecified atom stereocenters. The Balaban J connectivity index is 1.37. The molecule has 0 radical (unpaired) electrons. The zero-order valence-corrected chi connectivity index (χ0v) is 22.2. The van der Waals surface area contributed by atoms with Crippen LogP contribution in [0.5, 0.6) is 0 Å². The molecule has 1 saturated heterocycles. The number of primary amides is 1. The molecule has 0 saturated carbocycles. The van der Waals surface area contributed by atoms with Crippen molar-refractivity contribution >= 4 is 17.5 Å². The summed E-state index contributed by atoms with van der Waals surface area (Å²) in [5.41, 5.74) is 10.9. The molecule has 1 aliphatic heterocycles. The maximum absolute atomic E-state index is 13.9. The van der Waals surface area contributed by atoms with Gasteiger partial charge in [-0.05, 0) is 72.4 Å². The van der Waals surface area contributed by atoms with Gasteiger partial charge in [-0.25, -0.2) is 0 Å². The maximum Gasteiger partial charge on any atom is 0.277 e. The molecule has 0 spiro atoms. The highest BCUT2D eigenvalue weighted by Crippen LogP contribution is 2.28. The normalized spacial score (nSPS) is 13.9. The number of carbonyl (C=O) groups is 2. The van der Waals surface area contributed by atoms with Gasteiger partial charge < -0.3 is 10.6 Å². The molecule has 0 aliphatic carbocycles. The van der Waals surface area contributed by atoms with Gasteiger partial charge >= 0.3 is 0 Å². The number of nitrogens with two attached hydrogens (primary N) is 1. The van der Waals surface area contributed by atoms with Crippen LogP contribution in [-0.4, -0.2) is 40.8 Å². The minimum Gasteiger partial charge on any atom is -0.366 e. The molecule has 2 amide bonds. The number of nitriles is 1. The molecule has 0 atom stereocenters. The molecule has 5 rings (SSSR count). The van der Waals surface area contributed by atoms with Crippen molar-refractivity contribution in [2.24, 2.45) is 5.73 Å². The summed E-state index contributed by atoms with van der Waals surface area (Å²) in [6.45, 7) is 2.48. The number of hydrogen-bond donors (Lipinski definition) is 1. The number of hydrogen-bond acceptors (Lipinski definition) is 5.